The van der Waals surface area contributed by atoms with Crippen LogP contribution in [-0.4, -0.2) is 59.3 Å². The van der Waals surface area contributed by atoms with Crippen molar-refractivity contribution in [2.24, 2.45) is 0 Å². The summed E-state index contributed by atoms with van der Waals surface area (Å²) in [5, 5.41) is 8.66. The van der Waals surface area contributed by atoms with E-state index < -0.39 is 12.6 Å². The van der Waals surface area contributed by atoms with Gasteiger partial charge in [-0.1, -0.05) is 12.2 Å². The molecule has 1 saturated heterocycles. The summed E-state index contributed by atoms with van der Waals surface area (Å²) in [7, 11) is 1.52. The lowest BCUT2D eigenvalue weighted by Crippen LogP contribution is -2.37. The second kappa shape index (κ2) is 7.51. The third-order valence-corrected chi connectivity index (χ3v) is 4.50. The first kappa shape index (κ1) is 15.9. The van der Waals surface area contributed by atoms with Crippen molar-refractivity contribution in [3.05, 3.63) is 23.8 Å². The summed E-state index contributed by atoms with van der Waals surface area (Å²) < 4.78 is 10.4. The number of nitrogens with zero attached hydrogens (tertiary/aromatic N) is 1. The maximum absolute atomic E-state index is 10.6. The number of rotatable bonds is 5. The van der Waals surface area contributed by atoms with E-state index >= 15 is 0 Å². The van der Waals surface area contributed by atoms with Crippen molar-refractivity contribution in [2.45, 2.75) is 0 Å². The number of aliphatic carboxylic acids is 1. The molecule has 114 valence electrons. The van der Waals surface area contributed by atoms with Crippen molar-refractivity contribution in [3.63, 3.8) is 0 Å². The van der Waals surface area contributed by atoms with Crippen molar-refractivity contribution in [2.75, 3.05) is 38.3 Å². The molecule has 0 spiro atoms. The Bertz CT molecular complexity index is 530. The summed E-state index contributed by atoms with van der Waals surface area (Å²) >= 11 is 7.45. The van der Waals surface area contributed by atoms with Crippen molar-refractivity contribution >= 4 is 34.9 Å². The molecular formula is C14H17NO4S2. The topological polar surface area (TPSA) is 59.0 Å². The van der Waals surface area contributed by atoms with Crippen LogP contribution in [-0.2, 0) is 4.79 Å². The molecule has 1 aromatic rings. The van der Waals surface area contributed by atoms with E-state index in [1.807, 2.05) is 17.8 Å². The van der Waals surface area contributed by atoms with E-state index in [9.17, 15) is 4.79 Å². The number of methoxy groups -OCH3 is 1. The Labute approximate surface area is 133 Å². The fourth-order valence-electron chi connectivity index (χ4n) is 2.01. The lowest BCUT2D eigenvalue weighted by atomic mass is 10.2. The Balaban J connectivity index is 2.13. The molecule has 1 aromatic carbocycles. The molecule has 0 amide bonds. The van der Waals surface area contributed by atoms with Crippen LogP contribution in [0, 0.1) is 0 Å². The highest BCUT2D eigenvalue weighted by molar-refractivity contribution is 7.99. The van der Waals surface area contributed by atoms with Gasteiger partial charge in [-0.05, 0) is 18.2 Å². The van der Waals surface area contributed by atoms with Gasteiger partial charge in [0.1, 0.15) is 4.99 Å². The Kier molecular flexibility index (Phi) is 5.69. The van der Waals surface area contributed by atoms with Gasteiger partial charge in [0.2, 0.25) is 0 Å². The summed E-state index contributed by atoms with van der Waals surface area (Å²) in [6.45, 7) is 1.50. The summed E-state index contributed by atoms with van der Waals surface area (Å²) in [4.78, 5) is 13.5. The molecule has 5 nitrogen and oxygen atoms in total. The van der Waals surface area contributed by atoms with Gasteiger partial charge in [-0.3, -0.25) is 0 Å². The van der Waals surface area contributed by atoms with Crippen LogP contribution >= 0.6 is 24.0 Å². The summed E-state index contributed by atoms with van der Waals surface area (Å²) in [5.74, 6) is 2.03. The van der Waals surface area contributed by atoms with E-state index in [2.05, 4.69) is 4.90 Å². The normalized spacial score (nSPS) is 14.6. The van der Waals surface area contributed by atoms with Gasteiger partial charge in [-0.2, -0.15) is 11.8 Å². The third-order valence-electron chi connectivity index (χ3n) is 3.06. The monoisotopic (exact) mass is 327 g/mol. The lowest BCUT2D eigenvalue weighted by molar-refractivity contribution is -0.139. The molecule has 7 heteroatoms. The van der Waals surface area contributed by atoms with Crippen LogP contribution in [0.15, 0.2) is 18.2 Å². The molecule has 0 aromatic heterocycles. The van der Waals surface area contributed by atoms with Crippen LogP contribution in [0.5, 0.6) is 11.5 Å². The predicted molar refractivity (Wildman–Crippen MR) is 86.7 cm³/mol. The van der Waals surface area contributed by atoms with Crippen molar-refractivity contribution in [1.82, 2.24) is 4.90 Å². The van der Waals surface area contributed by atoms with Gasteiger partial charge in [-0.25, -0.2) is 4.79 Å². The molecule has 1 aliphatic rings. The zero-order chi connectivity index (χ0) is 15.2. The van der Waals surface area contributed by atoms with Gasteiger partial charge in [0.25, 0.3) is 0 Å². The van der Waals surface area contributed by atoms with Gasteiger partial charge >= 0.3 is 5.97 Å². The lowest BCUT2D eigenvalue weighted by Gasteiger charge is -2.29. The zero-order valence-corrected chi connectivity index (χ0v) is 13.3. The number of hydrogen-bond acceptors (Lipinski definition) is 5. The average molecular weight is 327 g/mol. The third kappa shape index (κ3) is 4.25. The minimum atomic E-state index is -1.03. The van der Waals surface area contributed by atoms with Crippen LogP contribution in [0.2, 0.25) is 0 Å². The van der Waals surface area contributed by atoms with E-state index in [0.717, 1.165) is 35.1 Å². The molecule has 0 radical (unpaired) electrons. The number of benzene rings is 1. The quantitative estimate of drug-likeness (QED) is 0.829. The van der Waals surface area contributed by atoms with Gasteiger partial charge in [0.05, 0.1) is 7.11 Å². The number of carboxylic acids is 1. The van der Waals surface area contributed by atoms with E-state index in [-0.39, 0.29) is 0 Å². The molecule has 2 rings (SSSR count). The highest BCUT2D eigenvalue weighted by Gasteiger charge is 2.17. The predicted octanol–water partition coefficient (Wildman–Crippen LogP) is 1.88. The Morgan fingerprint density at radius 1 is 1.38 bits per heavy atom. The maximum atomic E-state index is 10.6. The van der Waals surface area contributed by atoms with Gasteiger partial charge in [0, 0.05) is 30.2 Å². The molecule has 21 heavy (non-hydrogen) atoms. The molecule has 0 saturated carbocycles. The highest BCUT2D eigenvalue weighted by Crippen LogP contribution is 2.29. The Morgan fingerprint density at radius 3 is 2.71 bits per heavy atom. The molecule has 0 atom stereocenters. The first-order chi connectivity index (χ1) is 10.1. The fraction of sp³-hybridized carbons (Fsp3) is 0.429. The Morgan fingerprint density at radius 2 is 2.10 bits per heavy atom. The van der Waals surface area contributed by atoms with Crippen LogP contribution in [0.3, 0.4) is 0 Å². The van der Waals surface area contributed by atoms with Crippen molar-refractivity contribution in [1.29, 1.82) is 0 Å². The molecule has 0 unspecified atom stereocenters. The fourth-order valence-corrected chi connectivity index (χ4v) is 3.22. The largest absolute Gasteiger partial charge is 0.493 e. The van der Waals surface area contributed by atoms with Crippen LogP contribution in [0.25, 0.3) is 0 Å². The standard InChI is InChI=1S/C14H17NO4S2/c1-18-12-8-10(2-3-11(12)19-9-13(16)17)14(20)15-4-6-21-7-5-15/h2-3,8H,4-7,9H2,1H3,(H,16,17). The number of thioether (sulfide) groups is 1. The molecule has 1 fully saturated rings. The second-order valence-electron chi connectivity index (χ2n) is 4.45. The van der Waals surface area contributed by atoms with E-state index in [1.54, 1.807) is 12.1 Å². The van der Waals surface area contributed by atoms with E-state index in [1.165, 1.54) is 7.11 Å². The van der Waals surface area contributed by atoms with Crippen LogP contribution in [0.4, 0.5) is 0 Å². The number of ether oxygens (including phenoxy) is 2. The molecule has 0 bridgehead atoms. The first-order valence-corrected chi connectivity index (χ1v) is 8.07. The molecular weight excluding hydrogens is 310 g/mol. The van der Waals surface area contributed by atoms with Crippen molar-refractivity contribution in [3.8, 4) is 11.5 Å². The summed E-state index contributed by atoms with van der Waals surface area (Å²) in [5.41, 5.74) is 0.886. The number of carboxylic acid groups (broad SMARTS) is 1. The van der Waals surface area contributed by atoms with E-state index in [4.69, 9.17) is 26.8 Å². The first-order valence-electron chi connectivity index (χ1n) is 6.51. The zero-order valence-electron chi connectivity index (χ0n) is 11.7. The minimum Gasteiger partial charge on any atom is -0.493 e. The Hall–Kier alpha value is -1.47. The van der Waals surface area contributed by atoms with Gasteiger partial charge in [-0.15, -0.1) is 0 Å². The number of carbonyl (C=O) groups is 1. The molecule has 1 heterocycles. The number of hydrogen-bond donors (Lipinski definition) is 1. The minimum absolute atomic E-state index is 0.399. The van der Waals surface area contributed by atoms with Gasteiger partial charge in [0.15, 0.2) is 18.1 Å². The highest BCUT2D eigenvalue weighted by atomic mass is 32.2. The SMILES string of the molecule is COc1cc(C(=S)N2CCSCC2)ccc1OCC(=O)O. The van der Waals surface area contributed by atoms with E-state index in [0.29, 0.717) is 11.5 Å². The van der Waals surface area contributed by atoms with Crippen LogP contribution in [0.1, 0.15) is 5.56 Å². The maximum Gasteiger partial charge on any atom is 0.341 e. The molecule has 1 aliphatic heterocycles. The number of thiocarbonyl (C=S) groups is 1. The smallest absolute Gasteiger partial charge is 0.341 e. The van der Waals surface area contributed by atoms with Gasteiger partial charge < -0.3 is 19.5 Å². The summed E-state index contributed by atoms with van der Waals surface area (Å²) in [6, 6.07) is 5.33. The molecule has 0 aliphatic carbocycles. The second-order valence-corrected chi connectivity index (χ2v) is 6.06. The summed E-state index contributed by atoms with van der Waals surface area (Å²) in [6.07, 6.45) is 0. The van der Waals surface area contributed by atoms with Crippen LogP contribution < -0.4 is 9.47 Å². The molecule has 1 N–H and O–H groups in total. The van der Waals surface area contributed by atoms with Crippen molar-refractivity contribution < 1.29 is 19.4 Å². The average Bonchev–Trinajstić information content (AvgIpc) is 2.52.